The molecule has 2 aromatic rings. The SMILES string of the molecule is CC.Cc1cnc2ccc(Br)cc2c1C(=N)N1CCOCC1. The summed E-state index contributed by atoms with van der Waals surface area (Å²) >= 11 is 3.50. The van der Waals surface area contributed by atoms with E-state index in [4.69, 9.17) is 10.1 Å². The first-order valence-electron chi connectivity index (χ1n) is 7.63. The molecule has 1 saturated heterocycles. The maximum absolute atomic E-state index is 8.54. The Bertz CT molecular complexity index is 661. The average Bonchev–Trinajstić information content (AvgIpc) is 2.57. The van der Waals surface area contributed by atoms with E-state index in [1.807, 2.05) is 45.2 Å². The fourth-order valence-electron chi connectivity index (χ4n) is 2.52. The van der Waals surface area contributed by atoms with Gasteiger partial charge in [0.15, 0.2) is 0 Å². The molecule has 22 heavy (non-hydrogen) atoms. The molecule has 0 unspecified atom stereocenters. The number of halogens is 1. The normalized spacial score (nSPS) is 14.5. The summed E-state index contributed by atoms with van der Waals surface area (Å²) in [5, 5.41) is 9.57. The number of amidine groups is 1. The highest BCUT2D eigenvalue weighted by Crippen LogP contribution is 2.25. The summed E-state index contributed by atoms with van der Waals surface area (Å²) in [4.78, 5) is 6.52. The van der Waals surface area contributed by atoms with E-state index in [9.17, 15) is 0 Å². The van der Waals surface area contributed by atoms with Gasteiger partial charge in [-0.05, 0) is 30.7 Å². The minimum Gasteiger partial charge on any atom is -0.378 e. The van der Waals surface area contributed by atoms with E-state index < -0.39 is 0 Å². The first-order chi connectivity index (χ1) is 10.7. The predicted octanol–water partition coefficient (Wildman–Crippen LogP) is 3.99. The quantitative estimate of drug-likeness (QED) is 0.615. The Morgan fingerprint density at radius 3 is 2.64 bits per heavy atom. The van der Waals surface area contributed by atoms with Gasteiger partial charge in [-0.3, -0.25) is 10.4 Å². The van der Waals surface area contributed by atoms with Crippen LogP contribution in [0.25, 0.3) is 10.9 Å². The Labute approximate surface area is 140 Å². The van der Waals surface area contributed by atoms with E-state index in [0.29, 0.717) is 19.0 Å². The average molecular weight is 364 g/mol. The molecular weight excluding hydrogens is 342 g/mol. The monoisotopic (exact) mass is 363 g/mol. The molecule has 0 radical (unpaired) electrons. The number of nitrogens with one attached hydrogen (secondary N) is 1. The molecule has 1 aromatic heterocycles. The van der Waals surface area contributed by atoms with Gasteiger partial charge in [0.05, 0.1) is 18.7 Å². The molecule has 0 aliphatic carbocycles. The van der Waals surface area contributed by atoms with Crippen molar-refractivity contribution in [1.29, 1.82) is 5.41 Å². The van der Waals surface area contributed by atoms with E-state index in [1.54, 1.807) is 0 Å². The largest absolute Gasteiger partial charge is 0.378 e. The molecule has 0 saturated carbocycles. The number of aromatic nitrogens is 1. The van der Waals surface area contributed by atoms with Crippen LogP contribution in [0.15, 0.2) is 28.9 Å². The van der Waals surface area contributed by atoms with Gasteiger partial charge in [-0.1, -0.05) is 29.8 Å². The zero-order valence-corrected chi connectivity index (χ0v) is 14.9. The minimum absolute atomic E-state index is 0.566. The van der Waals surface area contributed by atoms with Crippen molar-refractivity contribution >= 4 is 32.7 Å². The smallest absolute Gasteiger partial charge is 0.129 e. The topological polar surface area (TPSA) is 49.2 Å². The van der Waals surface area contributed by atoms with Crippen LogP contribution in [0.2, 0.25) is 0 Å². The van der Waals surface area contributed by atoms with Crippen LogP contribution in [0, 0.1) is 12.3 Å². The first-order valence-corrected chi connectivity index (χ1v) is 8.42. The number of ether oxygens (including phenoxy) is 1. The van der Waals surface area contributed by atoms with Crippen molar-refractivity contribution in [3.63, 3.8) is 0 Å². The standard InChI is InChI=1S/C15H16BrN3O.C2H6/c1-10-9-18-13-3-2-11(16)8-12(13)14(10)15(17)19-4-6-20-7-5-19;1-2/h2-3,8-9,17H,4-7H2,1H3;1-2H3. The molecule has 1 N–H and O–H groups in total. The van der Waals surface area contributed by atoms with E-state index >= 15 is 0 Å². The second kappa shape index (κ2) is 7.70. The highest BCUT2D eigenvalue weighted by Gasteiger charge is 2.19. The lowest BCUT2D eigenvalue weighted by atomic mass is 10.0. The molecule has 0 amide bonds. The summed E-state index contributed by atoms with van der Waals surface area (Å²) in [7, 11) is 0. The van der Waals surface area contributed by atoms with Crippen molar-refractivity contribution in [3.05, 3.63) is 40.0 Å². The van der Waals surface area contributed by atoms with Crippen molar-refractivity contribution < 1.29 is 4.74 Å². The van der Waals surface area contributed by atoms with Crippen LogP contribution in [0.3, 0.4) is 0 Å². The third-order valence-corrected chi connectivity index (χ3v) is 4.08. The van der Waals surface area contributed by atoms with Gasteiger partial charge < -0.3 is 9.64 Å². The summed E-state index contributed by atoms with van der Waals surface area (Å²) in [5.41, 5.74) is 2.93. The Morgan fingerprint density at radius 1 is 1.27 bits per heavy atom. The van der Waals surface area contributed by atoms with Gasteiger partial charge >= 0.3 is 0 Å². The number of hydrogen-bond donors (Lipinski definition) is 1. The molecule has 2 heterocycles. The molecule has 0 spiro atoms. The fourth-order valence-corrected chi connectivity index (χ4v) is 2.88. The van der Waals surface area contributed by atoms with Crippen LogP contribution in [0.1, 0.15) is 25.0 Å². The molecular formula is C17H22BrN3O. The van der Waals surface area contributed by atoms with Crippen molar-refractivity contribution in [3.8, 4) is 0 Å². The van der Waals surface area contributed by atoms with Gasteiger partial charge in [0.1, 0.15) is 5.84 Å². The lowest BCUT2D eigenvalue weighted by Gasteiger charge is -2.30. The second-order valence-corrected chi connectivity index (χ2v) is 5.84. The van der Waals surface area contributed by atoms with Crippen molar-refractivity contribution in [2.24, 2.45) is 0 Å². The van der Waals surface area contributed by atoms with Crippen LogP contribution in [0.4, 0.5) is 0 Å². The molecule has 1 aliphatic heterocycles. The molecule has 5 heteroatoms. The molecule has 0 bridgehead atoms. The van der Waals surface area contributed by atoms with Gasteiger partial charge in [-0.2, -0.15) is 0 Å². The number of fused-ring (bicyclic) bond motifs is 1. The van der Waals surface area contributed by atoms with E-state index in [-0.39, 0.29) is 0 Å². The minimum atomic E-state index is 0.566. The summed E-state index contributed by atoms with van der Waals surface area (Å²) in [5.74, 6) is 0.566. The Hall–Kier alpha value is -1.46. The highest BCUT2D eigenvalue weighted by atomic mass is 79.9. The molecule has 1 fully saturated rings. The van der Waals surface area contributed by atoms with Gasteiger partial charge in [-0.25, -0.2) is 0 Å². The highest BCUT2D eigenvalue weighted by molar-refractivity contribution is 9.10. The van der Waals surface area contributed by atoms with Crippen molar-refractivity contribution in [2.75, 3.05) is 26.3 Å². The summed E-state index contributed by atoms with van der Waals surface area (Å²) < 4.78 is 6.37. The Morgan fingerprint density at radius 2 is 1.95 bits per heavy atom. The lowest BCUT2D eigenvalue weighted by molar-refractivity contribution is 0.0680. The third-order valence-electron chi connectivity index (χ3n) is 3.58. The number of benzene rings is 1. The first kappa shape index (κ1) is 16.9. The molecule has 3 rings (SSSR count). The molecule has 118 valence electrons. The van der Waals surface area contributed by atoms with Crippen LogP contribution >= 0.6 is 15.9 Å². The van der Waals surface area contributed by atoms with E-state index in [2.05, 4.69) is 25.8 Å². The number of aryl methyl sites for hydroxylation is 1. The van der Waals surface area contributed by atoms with Crippen molar-refractivity contribution in [2.45, 2.75) is 20.8 Å². The third kappa shape index (κ3) is 3.47. The summed E-state index contributed by atoms with van der Waals surface area (Å²) in [6.07, 6.45) is 1.85. The van der Waals surface area contributed by atoms with E-state index in [0.717, 1.165) is 39.6 Å². The Balaban J connectivity index is 0.000000847. The van der Waals surface area contributed by atoms with Crippen LogP contribution in [-0.2, 0) is 4.74 Å². The summed E-state index contributed by atoms with van der Waals surface area (Å²) in [6, 6.07) is 6.00. The second-order valence-electron chi connectivity index (χ2n) is 4.93. The molecule has 0 atom stereocenters. The Kier molecular flexibility index (Phi) is 5.91. The number of hydrogen-bond acceptors (Lipinski definition) is 3. The number of morpholine rings is 1. The zero-order valence-electron chi connectivity index (χ0n) is 13.3. The maximum Gasteiger partial charge on any atom is 0.129 e. The predicted molar refractivity (Wildman–Crippen MR) is 94.7 cm³/mol. The van der Waals surface area contributed by atoms with Gasteiger partial charge in [0.25, 0.3) is 0 Å². The van der Waals surface area contributed by atoms with Gasteiger partial charge in [-0.15, -0.1) is 0 Å². The van der Waals surface area contributed by atoms with Gasteiger partial charge in [0.2, 0.25) is 0 Å². The molecule has 1 aromatic carbocycles. The lowest BCUT2D eigenvalue weighted by Crippen LogP contribution is -2.41. The van der Waals surface area contributed by atoms with E-state index in [1.165, 1.54) is 0 Å². The maximum atomic E-state index is 8.54. The molecule has 4 nitrogen and oxygen atoms in total. The van der Waals surface area contributed by atoms with Crippen molar-refractivity contribution in [1.82, 2.24) is 9.88 Å². The zero-order chi connectivity index (χ0) is 16.1. The summed E-state index contributed by atoms with van der Waals surface area (Å²) in [6.45, 7) is 8.94. The van der Waals surface area contributed by atoms with Crippen LogP contribution < -0.4 is 0 Å². The fraction of sp³-hybridized carbons (Fsp3) is 0.412. The van der Waals surface area contributed by atoms with Crippen LogP contribution in [0.5, 0.6) is 0 Å². The molecule has 1 aliphatic rings. The van der Waals surface area contributed by atoms with Crippen LogP contribution in [-0.4, -0.2) is 42.0 Å². The number of pyridine rings is 1. The number of rotatable bonds is 1. The number of nitrogens with zero attached hydrogens (tertiary/aromatic N) is 2. The van der Waals surface area contributed by atoms with Gasteiger partial charge in [0, 0.05) is 34.7 Å².